The fourth-order valence-corrected chi connectivity index (χ4v) is 8.70. The highest BCUT2D eigenvalue weighted by atomic mass is 16.2. The SMILES string of the molecule is [C-]#[N+]c1ccc(-c2cccc3c4cccc(-c5ccc(C#N)cc5C#N)c4n(-c4cccc5c4C(=O)N(c4cc(-c6ccccc6)ccc4-c4ccccc4)C5=O)c23)c([N+]#[C-])c1. The van der Waals surface area contributed by atoms with Crippen LogP contribution in [0, 0.1) is 35.8 Å². The van der Waals surface area contributed by atoms with Gasteiger partial charge in [-0.15, -0.1) is 0 Å². The molecule has 8 nitrogen and oxygen atoms in total. The Morgan fingerprint density at radius 3 is 1.76 bits per heavy atom. The molecule has 0 saturated carbocycles. The third-order valence-corrected chi connectivity index (χ3v) is 11.5. The fourth-order valence-electron chi connectivity index (χ4n) is 8.70. The van der Waals surface area contributed by atoms with E-state index >= 15 is 4.79 Å². The number of carbonyl (C=O) groups is 2. The number of nitrogens with zero attached hydrogens (tertiary/aromatic N) is 6. The zero-order valence-corrected chi connectivity index (χ0v) is 32.7. The van der Waals surface area contributed by atoms with Gasteiger partial charge in [-0.3, -0.25) is 9.59 Å². The fraction of sp³-hybridized carbons (Fsp3) is 0. The van der Waals surface area contributed by atoms with Crippen molar-refractivity contribution in [1.29, 1.82) is 10.5 Å². The molecule has 2 amide bonds. The van der Waals surface area contributed by atoms with Crippen LogP contribution in [0.25, 0.3) is 81.7 Å². The van der Waals surface area contributed by atoms with Crippen molar-refractivity contribution in [3.63, 3.8) is 0 Å². The molecular formula is C54H28N6O2. The molecule has 0 atom stereocenters. The van der Waals surface area contributed by atoms with E-state index in [-0.39, 0.29) is 16.8 Å². The average Bonchev–Trinajstić information content (AvgIpc) is 3.81. The summed E-state index contributed by atoms with van der Waals surface area (Å²) in [5.41, 5.74) is 9.65. The van der Waals surface area contributed by atoms with Gasteiger partial charge in [0.1, 0.15) is 0 Å². The van der Waals surface area contributed by atoms with Gasteiger partial charge in [0, 0.05) is 27.5 Å². The van der Waals surface area contributed by atoms with Crippen molar-refractivity contribution in [3.05, 3.63) is 215 Å². The van der Waals surface area contributed by atoms with Crippen molar-refractivity contribution in [3.8, 4) is 62.3 Å². The van der Waals surface area contributed by atoms with Crippen molar-refractivity contribution in [2.45, 2.75) is 0 Å². The molecule has 1 aliphatic rings. The second-order valence-electron chi connectivity index (χ2n) is 14.8. The minimum Gasteiger partial charge on any atom is -0.307 e. The Morgan fingerprint density at radius 1 is 0.468 bits per heavy atom. The van der Waals surface area contributed by atoms with Gasteiger partial charge in [-0.2, -0.15) is 10.5 Å². The van der Waals surface area contributed by atoms with Crippen molar-refractivity contribution >= 4 is 50.7 Å². The molecular weight excluding hydrogens is 765 g/mol. The number of imide groups is 1. The minimum atomic E-state index is -0.507. The van der Waals surface area contributed by atoms with Gasteiger partial charge in [-0.05, 0) is 58.1 Å². The molecule has 0 radical (unpaired) electrons. The smallest absolute Gasteiger partial charge is 0.268 e. The van der Waals surface area contributed by atoms with Crippen molar-refractivity contribution in [2.24, 2.45) is 0 Å². The van der Waals surface area contributed by atoms with Crippen molar-refractivity contribution in [2.75, 3.05) is 4.90 Å². The maximum absolute atomic E-state index is 15.4. The monoisotopic (exact) mass is 792 g/mol. The van der Waals surface area contributed by atoms with E-state index in [1.165, 1.54) is 4.90 Å². The van der Waals surface area contributed by atoms with Gasteiger partial charge >= 0.3 is 0 Å². The van der Waals surface area contributed by atoms with E-state index in [1.807, 2.05) is 126 Å². The third kappa shape index (κ3) is 5.73. The Morgan fingerprint density at radius 2 is 1.10 bits per heavy atom. The summed E-state index contributed by atoms with van der Waals surface area (Å²) in [5, 5.41) is 21.7. The molecule has 0 N–H and O–H groups in total. The van der Waals surface area contributed by atoms with Crippen molar-refractivity contribution < 1.29 is 9.59 Å². The first-order chi connectivity index (χ1) is 30.4. The van der Waals surface area contributed by atoms with Crippen LogP contribution in [-0.2, 0) is 0 Å². The van der Waals surface area contributed by atoms with Crippen LogP contribution in [0.4, 0.5) is 17.1 Å². The van der Waals surface area contributed by atoms with E-state index in [9.17, 15) is 15.3 Å². The van der Waals surface area contributed by atoms with Crippen molar-refractivity contribution in [1.82, 2.24) is 4.57 Å². The molecule has 0 saturated heterocycles. The second kappa shape index (κ2) is 14.8. The normalized spacial score (nSPS) is 11.8. The van der Waals surface area contributed by atoms with E-state index < -0.39 is 11.8 Å². The largest absolute Gasteiger partial charge is 0.307 e. The number of rotatable bonds is 6. The predicted molar refractivity (Wildman–Crippen MR) is 242 cm³/mol. The molecule has 8 heteroatoms. The molecule has 0 unspecified atom stereocenters. The number of amides is 2. The predicted octanol–water partition coefficient (Wildman–Crippen LogP) is 13.1. The molecule has 0 spiro atoms. The molecule has 10 rings (SSSR count). The zero-order valence-electron chi connectivity index (χ0n) is 32.7. The maximum Gasteiger partial charge on any atom is 0.268 e. The number of aromatic nitrogens is 1. The van der Waals surface area contributed by atoms with Gasteiger partial charge in [0.05, 0.1) is 69.9 Å². The van der Waals surface area contributed by atoms with Gasteiger partial charge < -0.3 is 4.57 Å². The molecule has 286 valence electrons. The van der Waals surface area contributed by atoms with Gasteiger partial charge in [0.2, 0.25) is 0 Å². The number of hydrogen-bond acceptors (Lipinski definition) is 4. The van der Waals surface area contributed by atoms with E-state index in [0.29, 0.717) is 67.0 Å². The number of nitriles is 2. The summed E-state index contributed by atoms with van der Waals surface area (Å²) in [7, 11) is 0. The van der Waals surface area contributed by atoms with Crippen LogP contribution in [0.15, 0.2) is 170 Å². The molecule has 1 aliphatic heterocycles. The quantitative estimate of drug-likeness (QED) is 0.124. The van der Waals surface area contributed by atoms with E-state index in [2.05, 4.69) is 21.8 Å². The van der Waals surface area contributed by atoms with Gasteiger partial charge in [0.25, 0.3) is 11.8 Å². The van der Waals surface area contributed by atoms with Gasteiger partial charge in [0.15, 0.2) is 11.4 Å². The van der Waals surface area contributed by atoms with E-state index in [1.54, 1.807) is 48.5 Å². The lowest BCUT2D eigenvalue weighted by molar-refractivity contribution is 0.0926. The number of hydrogen-bond donors (Lipinski definition) is 0. The summed E-state index contributed by atoms with van der Waals surface area (Å²) in [6.45, 7) is 15.8. The summed E-state index contributed by atoms with van der Waals surface area (Å²) >= 11 is 0. The summed E-state index contributed by atoms with van der Waals surface area (Å²) in [4.78, 5) is 39.0. The number of fused-ring (bicyclic) bond motifs is 4. The lowest BCUT2D eigenvalue weighted by atomic mass is 9.96. The zero-order chi connectivity index (χ0) is 42.5. The van der Waals surface area contributed by atoms with Gasteiger partial charge in [-0.1, -0.05) is 140 Å². The molecule has 9 aromatic rings. The maximum atomic E-state index is 15.4. The second-order valence-corrected chi connectivity index (χ2v) is 14.8. The molecule has 0 aliphatic carbocycles. The Labute approximate surface area is 356 Å². The molecule has 1 aromatic heterocycles. The number of benzene rings is 8. The number of anilines is 1. The highest BCUT2D eigenvalue weighted by Crippen LogP contribution is 2.47. The van der Waals surface area contributed by atoms with E-state index in [0.717, 1.165) is 27.5 Å². The number of carbonyl (C=O) groups excluding carboxylic acids is 2. The molecule has 8 aromatic carbocycles. The highest BCUT2D eigenvalue weighted by Gasteiger charge is 2.41. The molecule has 0 bridgehead atoms. The van der Waals surface area contributed by atoms with Crippen LogP contribution in [0.2, 0.25) is 0 Å². The van der Waals surface area contributed by atoms with Gasteiger partial charge in [-0.25, -0.2) is 14.6 Å². The summed E-state index contributed by atoms with van der Waals surface area (Å²) in [6.07, 6.45) is 0. The van der Waals surface area contributed by atoms with Crippen LogP contribution in [0.5, 0.6) is 0 Å². The van der Waals surface area contributed by atoms with Crippen LogP contribution in [0.3, 0.4) is 0 Å². The first-order valence-electron chi connectivity index (χ1n) is 19.6. The summed E-state index contributed by atoms with van der Waals surface area (Å²) < 4.78 is 1.97. The Bertz CT molecular complexity index is 3430. The van der Waals surface area contributed by atoms with Crippen LogP contribution >= 0.6 is 0 Å². The molecule has 62 heavy (non-hydrogen) atoms. The van der Waals surface area contributed by atoms with Crippen LogP contribution < -0.4 is 4.90 Å². The lowest BCUT2D eigenvalue weighted by Crippen LogP contribution is -2.30. The highest BCUT2D eigenvalue weighted by molar-refractivity contribution is 6.37. The topological polar surface area (TPSA) is 98.6 Å². The molecule has 0 fully saturated rings. The Balaban J connectivity index is 1.29. The first kappa shape index (κ1) is 37.0. The third-order valence-electron chi connectivity index (χ3n) is 11.5. The standard InChI is InChI=1S/C54H28N6O2/c1-57-38-24-27-41(47(30-38)58-2)43-17-10-19-45-44-18-9-16-42(39-25-22-33(31-55)28-37(39)32-56)51(44)59(52(43)45)48-21-11-20-46-50(48)54(62)60(53(46)61)49-29-36(34-12-5-3-6-13-34)23-26-40(49)35-14-7-4-8-15-35/h3-30H. The number of para-hydroxylation sites is 2. The summed E-state index contributed by atoms with van der Waals surface area (Å²) in [5.74, 6) is -0.980. The minimum absolute atomic E-state index is 0.194. The Kier molecular flexibility index (Phi) is 8.82. The first-order valence-corrected chi connectivity index (χ1v) is 19.6. The average molecular weight is 793 g/mol. The lowest BCUT2D eigenvalue weighted by Gasteiger charge is -2.20. The van der Waals surface area contributed by atoms with Crippen LogP contribution in [-0.4, -0.2) is 16.4 Å². The summed E-state index contributed by atoms with van der Waals surface area (Å²) in [6, 6.07) is 56.5. The molecule has 2 heterocycles. The Hall–Kier alpha value is -9.34. The van der Waals surface area contributed by atoms with E-state index in [4.69, 9.17) is 13.1 Å². The van der Waals surface area contributed by atoms with Crippen LogP contribution in [0.1, 0.15) is 31.8 Å².